The van der Waals surface area contributed by atoms with Crippen molar-refractivity contribution in [2.24, 2.45) is 28.1 Å². The molecule has 15 amide bonds. The van der Waals surface area contributed by atoms with E-state index < -0.39 is 223 Å². The number of primary amides is 1. The molecule has 5 aliphatic heterocycles. The quantitative estimate of drug-likeness (QED) is 0.0424. The number of unbranched alkanes of at least 4 members (excludes halogenated alkanes) is 1. The zero-order chi connectivity index (χ0) is 79.1. The molecule has 39 heteroatoms. The Balaban J connectivity index is 1.36. The predicted octanol–water partition coefficient (Wildman–Crippen LogP) is -5.32. The number of aliphatic hydroxyl groups is 2. The molecule has 0 aliphatic carbocycles. The van der Waals surface area contributed by atoms with Crippen molar-refractivity contribution in [3.8, 4) is 0 Å². The number of amides is 15. The zero-order valence-electron chi connectivity index (χ0n) is 60.4. The summed E-state index contributed by atoms with van der Waals surface area (Å²) in [6.07, 6.45) is -2.59. The minimum Gasteiger partial charge on any atom is -0.481 e. The van der Waals surface area contributed by atoms with Gasteiger partial charge in [-0.3, -0.25) is 76.7 Å². The number of hydrogen-bond donors (Lipinski definition) is 17. The first-order chi connectivity index (χ1) is 51.4. The van der Waals surface area contributed by atoms with E-state index in [2.05, 4.69) is 63.5 Å². The number of benzene rings is 2. The Bertz CT molecular complexity index is 3670. The highest BCUT2D eigenvalue weighted by molar-refractivity contribution is 8.76. The van der Waals surface area contributed by atoms with Crippen LogP contribution >= 0.6 is 21.6 Å². The highest BCUT2D eigenvalue weighted by Gasteiger charge is 2.47. The monoisotopic (exact) mass is 1550 g/mol. The van der Waals surface area contributed by atoms with Crippen LogP contribution in [0.15, 0.2) is 59.6 Å². The van der Waals surface area contributed by atoms with Gasteiger partial charge < -0.3 is 106 Å². The molecule has 2 bridgehead atoms. The summed E-state index contributed by atoms with van der Waals surface area (Å²) in [7, 11) is 1.70. The largest absolute Gasteiger partial charge is 0.481 e. The number of hydrogen-bond acceptors (Lipinski definition) is 21. The number of fused-ring (bicyclic) bond motifs is 8. The summed E-state index contributed by atoms with van der Waals surface area (Å²) < 4.78 is 0. The van der Waals surface area contributed by atoms with E-state index in [4.69, 9.17) is 17.2 Å². The van der Waals surface area contributed by atoms with E-state index in [9.17, 15) is 72.9 Å². The maximum atomic E-state index is 15.3. The van der Waals surface area contributed by atoms with Crippen molar-refractivity contribution in [1.82, 2.24) is 73.2 Å². The van der Waals surface area contributed by atoms with Gasteiger partial charge in [-0.1, -0.05) is 104 Å². The number of aliphatic carboxylic acids is 1. The van der Waals surface area contributed by atoms with E-state index in [1.165, 1.54) is 34.1 Å². The molecular weight excluding hydrogens is 1450 g/mol. The lowest BCUT2D eigenvalue weighted by molar-refractivity contribution is -0.150. The number of aliphatic imine (C=N–C) groups is 1. The normalized spacial score (nSPS) is 27.7. The van der Waals surface area contributed by atoms with E-state index in [1.54, 1.807) is 51.1 Å². The van der Waals surface area contributed by atoms with Gasteiger partial charge in [0, 0.05) is 44.0 Å². The van der Waals surface area contributed by atoms with Gasteiger partial charge in [-0.15, -0.1) is 0 Å². The maximum Gasteiger partial charge on any atom is 0.305 e. The number of carboxylic acids is 1. The minimum absolute atomic E-state index is 0.00729. The van der Waals surface area contributed by atoms with Gasteiger partial charge in [0.25, 0.3) is 0 Å². The van der Waals surface area contributed by atoms with E-state index in [0.717, 1.165) is 33.4 Å². The first-order valence-corrected chi connectivity index (χ1v) is 38.4. The summed E-state index contributed by atoms with van der Waals surface area (Å²) in [5.41, 5.74) is 17.9. The summed E-state index contributed by atoms with van der Waals surface area (Å²) in [4.78, 5) is 238. The molecule has 15 atom stereocenters. The molecular formula is C69H98N18O19S2. The summed E-state index contributed by atoms with van der Waals surface area (Å²) in [5, 5.41) is 59.7. The molecule has 108 heavy (non-hydrogen) atoms. The fourth-order valence-electron chi connectivity index (χ4n) is 13.1. The van der Waals surface area contributed by atoms with Gasteiger partial charge in [-0.25, -0.2) is 4.99 Å². The fraction of sp³-hybridized carbons (Fsp3) is 0.580. The fourth-order valence-corrected chi connectivity index (χ4v) is 15.4. The molecule has 5 aliphatic rings. The predicted molar refractivity (Wildman–Crippen MR) is 391 cm³/mol. The average molecular weight is 1550 g/mol. The smallest absolute Gasteiger partial charge is 0.305 e. The highest BCUT2D eigenvalue weighted by atomic mass is 33.1. The van der Waals surface area contributed by atoms with Crippen molar-refractivity contribution < 1.29 is 92.0 Å². The molecule has 0 saturated carbocycles. The van der Waals surface area contributed by atoms with Crippen LogP contribution in [-0.4, -0.2) is 259 Å². The van der Waals surface area contributed by atoms with Crippen molar-refractivity contribution in [3.05, 3.63) is 65.7 Å². The lowest BCUT2D eigenvalue weighted by Gasteiger charge is -2.34. The van der Waals surface area contributed by atoms with Gasteiger partial charge >= 0.3 is 5.97 Å². The second kappa shape index (κ2) is 40.7. The number of carbonyl (C=O) groups excluding carboxylic acids is 15. The standard InChI is InChI=1S/C69H98N18O19S2/c1-5-7-16-40-57(95)76-41(27-38-20-22-39(23-21-38)74-69(71)72)58(96)80-45(32-88)59(97)79-44(30-53(92)93)67(105)87-26-13-19-50(87)68(106)86-25-12-18-49(86)63(101)84-54(35(3)6-2)64(102)81-47-34-108-107-33-46(60(98)75-40)82-65(103)55(36(4)89)83-52(91)31-73-56(94)42(29-51(70)90)77-62(100)48-17-11-24-85(48)66(104)43(78-61(47)99)28-37-14-9-8-10-15-37/h8-10,14-15,20-23,35-36,40-50,54-55,88-89H,5-7,11-13,16-19,24-34H2,1-4H3,(H2,70,90)(H,73,94)(H,75,98)(H,76,95)(H,77,100)(H,78,99)(H,79,97)(H,80,96)(H,81,102)(H,82,103)(H,83,91)(H,84,101)(H,92,93)(H4,71,72,74)/t35-,36+,40?,41-,42-,43-,44-,45-,46-,47-,48-,49-,50-,54-,55-/m0/s1. The third-order valence-electron chi connectivity index (χ3n) is 19.1. The Kier molecular flexibility index (Phi) is 32.1. The molecule has 5 fully saturated rings. The van der Waals surface area contributed by atoms with E-state index in [0.29, 0.717) is 17.5 Å². The molecule has 7 rings (SSSR count). The molecule has 37 nitrogen and oxygen atoms in total. The van der Waals surface area contributed by atoms with Crippen LogP contribution in [0, 0.1) is 5.92 Å². The second-order valence-electron chi connectivity index (χ2n) is 27.2. The number of nitrogens with zero attached hydrogens (tertiary/aromatic N) is 4. The molecule has 0 spiro atoms. The van der Waals surface area contributed by atoms with Crippen LogP contribution < -0.4 is 75.7 Å². The van der Waals surface area contributed by atoms with Gasteiger partial charge in [0.05, 0.1) is 37.8 Å². The number of carbonyl (C=O) groups is 16. The van der Waals surface area contributed by atoms with Crippen LogP contribution in [0.2, 0.25) is 0 Å². The van der Waals surface area contributed by atoms with Crippen molar-refractivity contribution in [2.75, 3.05) is 44.3 Å². The maximum absolute atomic E-state index is 15.3. The van der Waals surface area contributed by atoms with Gasteiger partial charge in [0.1, 0.15) is 78.5 Å². The summed E-state index contributed by atoms with van der Waals surface area (Å²) in [6, 6.07) is -6.71. The number of rotatable bonds is 16. The van der Waals surface area contributed by atoms with E-state index in [1.807, 2.05) is 0 Å². The molecule has 20 N–H and O–H groups in total. The van der Waals surface area contributed by atoms with E-state index in [-0.39, 0.29) is 102 Å². The molecule has 0 aromatic heterocycles. The van der Waals surface area contributed by atoms with Crippen molar-refractivity contribution in [1.29, 1.82) is 0 Å². The summed E-state index contributed by atoms with van der Waals surface area (Å²) in [5.74, 6) is -18.7. The SMILES string of the molecule is CCCCC1NC(=O)[C@@H]2CSSC[C@H](NC(=O)[C@H]([C@@H](C)CC)NC(=O)[C@@H]3CCCN3C(=O)[C@@H]3CCCN3C(=O)[C@H](CC(=O)O)NC(=O)[C@H](CO)NC(=O)[C@H](Cc3ccc(N=C(N)N)cc3)NC1=O)C(=O)N[C@@H](Cc1ccccc1)C(=O)N1CCC[C@H]1C(=O)N[C@@H](CC(N)=O)C(=O)NCC(=O)N[C@@H]([C@@H](C)O)C(=O)N2. The number of nitrogens with two attached hydrogens (primary N) is 3. The molecule has 1 unspecified atom stereocenters. The molecule has 590 valence electrons. The number of aliphatic hydroxyl groups excluding tert-OH is 2. The molecule has 2 aromatic rings. The van der Waals surface area contributed by atoms with Gasteiger partial charge in [-0.05, 0) is 81.0 Å². The van der Waals surface area contributed by atoms with Crippen molar-refractivity contribution >= 4 is 128 Å². The topological polar surface area (TPSA) is 566 Å². The Morgan fingerprint density at radius 3 is 1.56 bits per heavy atom. The van der Waals surface area contributed by atoms with Crippen molar-refractivity contribution in [2.45, 2.75) is 202 Å². The van der Waals surface area contributed by atoms with Crippen LogP contribution in [0.4, 0.5) is 5.69 Å². The van der Waals surface area contributed by atoms with Crippen molar-refractivity contribution in [3.63, 3.8) is 0 Å². The van der Waals surface area contributed by atoms with Crippen LogP contribution in [0.5, 0.6) is 0 Å². The minimum atomic E-state index is -1.95. The lowest BCUT2D eigenvalue weighted by Crippen LogP contribution is -2.62. The van der Waals surface area contributed by atoms with Gasteiger partial charge in [0.15, 0.2) is 5.96 Å². The number of guanidine groups is 1. The Morgan fingerprint density at radius 1 is 0.519 bits per heavy atom. The van der Waals surface area contributed by atoms with E-state index >= 15 is 19.2 Å². The van der Waals surface area contributed by atoms with Gasteiger partial charge in [-0.2, -0.15) is 0 Å². The molecule has 5 saturated heterocycles. The average Bonchev–Trinajstić information content (AvgIpc) is 1.63. The summed E-state index contributed by atoms with van der Waals surface area (Å²) in [6.45, 7) is 3.97. The number of carboxylic acid groups (broad SMARTS) is 1. The molecule has 2 aromatic carbocycles. The van der Waals surface area contributed by atoms with Crippen LogP contribution in [0.1, 0.15) is 116 Å². The van der Waals surface area contributed by atoms with Crippen LogP contribution in [-0.2, 0) is 89.6 Å². The second-order valence-corrected chi connectivity index (χ2v) is 29.7. The zero-order valence-corrected chi connectivity index (χ0v) is 62.0. The third-order valence-corrected chi connectivity index (χ3v) is 21.5. The summed E-state index contributed by atoms with van der Waals surface area (Å²) >= 11 is 0. The Morgan fingerprint density at radius 2 is 1.00 bits per heavy atom. The molecule has 5 heterocycles. The Hall–Kier alpha value is -10.1. The first kappa shape index (κ1) is 85.1. The molecule has 0 radical (unpaired) electrons. The first-order valence-electron chi connectivity index (χ1n) is 35.9. The lowest BCUT2D eigenvalue weighted by atomic mass is 9.97. The third kappa shape index (κ3) is 23.9. The van der Waals surface area contributed by atoms with Gasteiger partial charge in [0.2, 0.25) is 88.6 Å². The Labute approximate surface area is 630 Å². The highest BCUT2D eigenvalue weighted by Crippen LogP contribution is 2.29. The number of nitrogens with one attached hydrogen (secondary N) is 11. The van der Waals surface area contributed by atoms with Crippen LogP contribution in [0.25, 0.3) is 0 Å². The van der Waals surface area contributed by atoms with Crippen LogP contribution in [0.3, 0.4) is 0 Å².